The molecule has 0 atom stereocenters. The van der Waals surface area contributed by atoms with E-state index >= 15 is 0 Å². The molecule has 2 rings (SSSR count). The number of hydrogen-bond donors (Lipinski definition) is 1. The fraction of sp³-hybridized carbons (Fsp3) is 0.600. The summed E-state index contributed by atoms with van der Waals surface area (Å²) in [6.07, 6.45) is 6.67. The Balaban J connectivity index is 2.16. The van der Waals surface area contributed by atoms with Gasteiger partial charge in [0.25, 0.3) is 0 Å². The molecule has 106 valence electrons. The molecule has 0 aliphatic heterocycles. The van der Waals surface area contributed by atoms with Crippen molar-refractivity contribution in [3.05, 3.63) is 22.2 Å². The number of ether oxygens (including phenoxy) is 2. The van der Waals surface area contributed by atoms with Gasteiger partial charge in [-0.3, -0.25) is 0 Å². The lowest BCUT2D eigenvalue weighted by Gasteiger charge is -2.18. The summed E-state index contributed by atoms with van der Waals surface area (Å²) in [6, 6.07) is 4.06. The molecule has 1 aromatic carbocycles. The summed E-state index contributed by atoms with van der Waals surface area (Å²) in [6.45, 7) is 0.209. The monoisotopic (exact) mass is 328 g/mol. The van der Waals surface area contributed by atoms with Crippen LogP contribution in [-0.4, -0.2) is 24.9 Å². The van der Waals surface area contributed by atoms with E-state index < -0.39 is 0 Å². The third-order valence-corrected chi connectivity index (χ3v) is 4.09. The highest BCUT2D eigenvalue weighted by Gasteiger charge is 2.20. The topological polar surface area (TPSA) is 38.7 Å². The van der Waals surface area contributed by atoms with E-state index in [0.29, 0.717) is 6.10 Å². The second-order valence-corrected chi connectivity index (χ2v) is 5.81. The van der Waals surface area contributed by atoms with Crippen molar-refractivity contribution >= 4 is 15.9 Å². The van der Waals surface area contributed by atoms with Crippen molar-refractivity contribution in [2.45, 2.75) is 44.6 Å². The van der Waals surface area contributed by atoms with E-state index in [9.17, 15) is 0 Å². The first-order valence-electron chi connectivity index (χ1n) is 6.88. The standard InChI is InChI=1S/C15H21BrO3/c1-18-14-10-11(5-4-8-17)9-13(16)15(14)19-12-6-2-3-7-12/h9-10,12,17H,2-8H2,1H3. The summed E-state index contributed by atoms with van der Waals surface area (Å²) in [7, 11) is 1.67. The molecule has 0 amide bonds. The third kappa shape index (κ3) is 3.86. The second-order valence-electron chi connectivity index (χ2n) is 4.96. The van der Waals surface area contributed by atoms with Gasteiger partial charge < -0.3 is 14.6 Å². The van der Waals surface area contributed by atoms with E-state index in [1.807, 2.05) is 6.07 Å². The molecule has 1 fully saturated rings. The molecule has 3 nitrogen and oxygen atoms in total. The third-order valence-electron chi connectivity index (χ3n) is 3.50. The highest BCUT2D eigenvalue weighted by atomic mass is 79.9. The minimum absolute atomic E-state index is 0.209. The number of hydrogen-bond acceptors (Lipinski definition) is 3. The van der Waals surface area contributed by atoms with Gasteiger partial charge in [-0.15, -0.1) is 0 Å². The molecular formula is C15H21BrO3. The molecule has 19 heavy (non-hydrogen) atoms. The van der Waals surface area contributed by atoms with Crippen LogP contribution in [0.2, 0.25) is 0 Å². The van der Waals surface area contributed by atoms with Crippen LogP contribution >= 0.6 is 15.9 Å². The van der Waals surface area contributed by atoms with Crippen molar-refractivity contribution in [1.82, 2.24) is 0 Å². The number of rotatable bonds is 6. The largest absolute Gasteiger partial charge is 0.493 e. The molecule has 0 bridgehead atoms. The Labute approximate surface area is 123 Å². The van der Waals surface area contributed by atoms with Crippen molar-refractivity contribution in [2.75, 3.05) is 13.7 Å². The summed E-state index contributed by atoms with van der Waals surface area (Å²) < 4.78 is 12.4. The first-order chi connectivity index (χ1) is 9.24. The Kier molecular flexibility index (Phi) is 5.52. The molecule has 1 saturated carbocycles. The van der Waals surface area contributed by atoms with Gasteiger partial charge >= 0.3 is 0 Å². The van der Waals surface area contributed by atoms with Gasteiger partial charge in [0.15, 0.2) is 11.5 Å². The van der Waals surface area contributed by atoms with Gasteiger partial charge in [0, 0.05) is 6.61 Å². The van der Waals surface area contributed by atoms with Gasteiger partial charge in [0.1, 0.15) is 0 Å². The van der Waals surface area contributed by atoms with E-state index in [0.717, 1.165) is 47.2 Å². The summed E-state index contributed by atoms with van der Waals surface area (Å²) in [4.78, 5) is 0. The zero-order valence-electron chi connectivity index (χ0n) is 11.3. The maximum atomic E-state index is 8.90. The van der Waals surface area contributed by atoms with Gasteiger partial charge in [-0.2, -0.15) is 0 Å². The van der Waals surface area contributed by atoms with E-state index in [4.69, 9.17) is 14.6 Å². The highest BCUT2D eigenvalue weighted by molar-refractivity contribution is 9.10. The van der Waals surface area contributed by atoms with Crippen LogP contribution in [0, 0.1) is 0 Å². The van der Waals surface area contributed by atoms with Crippen molar-refractivity contribution in [3.63, 3.8) is 0 Å². The molecule has 4 heteroatoms. The minimum Gasteiger partial charge on any atom is -0.493 e. The SMILES string of the molecule is COc1cc(CCCO)cc(Br)c1OC1CCCC1. The zero-order chi connectivity index (χ0) is 13.7. The molecule has 1 N–H and O–H groups in total. The van der Waals surface area contributed by atoms with Crippen molar-refractivity contribution in [1.29, 1.82) is 0 Å². The summed E-state index contributed by atoms with van der Waals surface area (Å²) in [5, 5.41) is 8.90. The molecule has 1 aliphatic carbocycles. The molecule has 0 unspecified atom stereocenters. The average Bonchev–Trinajstić information content (AvgIpc) is 2.91. The lowest BCUT2D eigenvalue weighted by molar-refractivity contribution is 0.199. The molecule has 0 heterocycles. The van der Waals surface area contributed by atoms with Crippen LogP contribution in [-0.2, 0) is 6.42 Å². The van der Waals surface area contributed by atoms with Crippen LogP contribution < -0.4 is 9.47 Å². The molecule has 1 aromatic rings. The van der Waals surface area contributed by atoms with Crippen molar-refractivity contribution in [3.8, 4) is 11.5 Å². The summed E-state index contributed by atoms with van der Waals surface area (Å²) in [5.41, 5.74) is 1.15. The van der Waals surface area contributed by atoms with Crippen LogP contribution in [0.1, 0.15) is 37.7 Å². The molecule has 0 aromatic heterocycles. The Hall–Kier alpha value is -0.740. The predicted octanol–water partition coefficient (Wildman–Crippen LogP) is 3.70. The summed E-state index contributed by atoms with van der Waals surface area (Å²) >= 11 is 3.57. The number of benzene rings is 1. The first-order valence-corrected chi connectivity index (χ1v) is 7.68. The Bertz CT molecular complexity index is 414. The van der Waals surface area contributed by atoms with Crippen LogP contribution in [0.4, 0.5) is 0 Å². The normalized spacial score (nSPS) is 15.7. The maximum Gasteiger partial charge on any atom is 0.175 e. The average molecular weight is 329 g/mol. The smallest absolute Gasteiger partial charge is 0.175 e. The summed E-state index contributed by atoms with van der Waals surface area (Å²) in [5.74, 6) is 1.58. The molecule has 0 saturated heterocycles. The predicted molar refractivity (Wildman–Crippen MR) is 79.0 cm³/mol. The van der Waals surface area contributed by atoms with Gasteiger partial charge in [-0.1, -0.05) is 0 Å². The van der Waals surface area contributed by atoms with Gasteiger partial charge in [-0.05, 0) is 72.2 Å². The van der Waals surface area contributed by atoms with Gasteiger partial charge in [-0.25, -0.2) is 0 Å². The van der Waals surface area contributed by atoms with Gasteiger partial charge in [0.2, 0.25) is 0 Å². The minimum atomic E-state index is 0.209. The fourth-order valence-corrected chi connectivity index (χ4v) is 3.07. The van der Waals surface area contributed by atoms with Gasteiger partial charge in [0.05, 0.1) is 17.7 Å². The van der Waals surface area contributed by atoms with Crippen LogP contribution in [0.15, 0.2) is 16.6 Å². The highest BCUT2D eigenvalue weighted by Crippen LogP contribution is 2.39. The van der Waals surface area contributed by atoms with Crippen molar-refractivity contribution in [2.24, 2.45) is 0 Å². The lowest BCUT2D eigenvalue weighted by atomic mass is 10.1. The molecule has 0 radical (unpaired) electrons. The van der Waals surface area contributed by atoms with E-state index in [1.54, 1.807) is 7.11 Å². The van der Waals surface area contributed by atoms with E-state index in [-0.39, 0.29) is 6.61 Å². The lowest BCUT2D eigenvalue weighted by Crippen LogP contribution is -2.12. The Morgan fingerprint density at radius 1 is 1.32 bits per heavy atom. The van der Waals surface area contributed by atoms with E-state index in [2.05, 4.69) is 22.0 Å². The molecular weight excluding hydrogens is 308 g/mol. The van der Waals surface area contributed by atoms with Crippen LogP contribution in [0.25, 0.3) is 0 Å². The van der Waals surface area contributed by atoms with Crippen LogP contribution in [0.5, 0.6) is 11.5 Å². The first kappa shape index (κ1) is 14.7. The maximum absolute atomic E-state index is 8.90. The fourth-order valence-electron chi connectivity index (χ4n) is 2.49. The number of methoxy groups -OCH3 is 1. The molecule has 0 spiro atoms. The Morgan fingerprint density at radius 3 is 2.68 bits per heavy atom. The number of halogens is 1. The van der Waals surface area contributed by atoms with Crippen molar-refractivity contribution < 1.29 is 14.6 Å². The number of aliphatic hydroxyl groups is 1. The Morgan fingerprint density at radius 2 is 2.05 bits per heavy atom. The second kappa shape index (κ2) is 7.15. The zero-order valence-corrected chi connectivity index (χ0v) is 12.9. The van der Waals surface area contributed by atoms with Crippen LogP contribution in [0.3, 0.4) is 0 Å². The number of aliphatic hydroxyl groups excluding tert-OH is 1. The quantitative estimate of drug-likeness (QED) is 0.865. The molecule has 1 aliphatic rings. The number of aryl methyl sites for hydroxylation is 1. The van der Waals surface area contributed by atoms with E-state index in [1.165, 1.54) is 12.8 Å².